The number of aromatic nitrogens is 6. The summed E-state index contributed by atoms with van der Waals surface area (Å²) in [5, 5.41) is 41.0. The lowest BCUT2D eigenvalue weighted by molar-refractivity contribution is -0.141. The van der Waals surface area contributed by atoms with Crippen molar-refractivity contribution in [2.24, 2.45) is 5.92 Å². The largest absolute Gasteiger partial charge is 0.507 e. The highest BCUT2D eigenvalue weighted by atomic mass is 32.1. The number of nitrogens with zero attached hydrogens (tertiary/aromatic N) is 7. The molecule has 5 heterocycles. The second-order valence-electron chi connectivity index (χ2n) is 16.5. The van der Waals surface area contributed by atoms with E-state index in [0.717, 1.165) is 32.8 Å². The minimum absolute atomic E-state index is 0.0275. The molecule has 1 aliphatic heterocycles. The number of rotatable bonds is 16. The van der Waals surface area contributed by atoms with Gasteiger partial charge in [0.05, 0.1) is 46.2 Å². The number of nitrogens with one attached hydrogen (secondary N) is 1. The van der Waals surface area contributed by atoms with E-state index in [1.807, 2.05) is 106 Å². The highest BCUT2D eigenvalue weighted by Crippen LogP contribution is 2.35. The zero-order valence-electron chi connectivity index (χ0n) is 36.7. The summed E-state index contributed by atoms with van der Waals surface area (Å²) in [5.74, 6) is -0.147. The van der Waals surface area contributed by atoms with Crippen LogP contribution < -0.4 is 20.5 Å². The van der Waals surface area contributed by atoms with Gasteiger partial charge in [-0.05, 0) is 78.9 Å². The Morgan fingerprint density at radius 2 is 1.68 bits per heavy atom. The summed E-state index contributed by atoms with van der Waals surface area (Å²) in [4.78, 5) is 34.7. The lowest BCUT2D eigenvalue weighted by Crippen LogP contribution is -2.48. The van der Waals surface area contributed by atoms with Gasteiger partial charge in [-0.2, -0.15) is 5.10 Å². The van der Waals surface area contributed by atoms with E-state index in [4.69, 9.17) is 19.7 Å². The molecule has 4 aromatic heterocycles. The molecular weight excluding hydrogens is 847 g/mol. The minimum atomic E-state index is -0.853. The summed E-state index contributed by atoms with van der Waals surface area (Å²) in [6, 6.07) is 24.7. The maximum absolute atomic E-state index is 14.2. The molecule has 3 aromatic carbocycles. The average molecular weight is 898 g/mol. The molecule has 0 bridgehead atoms. The number of phenols is 1. The number of benzene rings is 3. The molecule has 0 aliphatic carbocycles. The third-order valence-electron chi connectivity index (χ3n) is 11.7. The topological polar surface area (TPSA) is 217 Å². The summed E-state index contributed by atoms with van der Waals surface area (Å²) in [6.07, 6.45) is 2.89. The number of hydrogen-bond acceptors (Lipinski definition) is 14. The molecule has 65 heavy (non-hydrogen) atoms. The van der Waals surface area contributed by atoms with Gasteiger partial charge < -0.3 is 40.2 Å². The van der Waals surface area contributed by atoms with Crippen molar-refractivity contribution in [2.45, 2.75) is 71.2 Å². The van der Waals surface area contributed by atoms with Crippen LogP contribution in [0.5, 0.6) is 17.4 Å². The average Bonchev–Trinajstić information content (AvgIpc) is 4.14. The molecule has 0 spiro atoms. The van der Waals surface area contributed by atoms with Crippen LogP contribution in [-0.4, -0.2) is 89.0 Å². The molecule has 8 rings (SSSR count). The number of aromatic hydroxyl groups is 1. The first-order valence-corrected chi connectivity index (χ1v) is 22.3. The Morgan fingerprint density at radius 1 is 0.938 bits per heavy atom. The van der Waals surface area contributed by atoms with Gasteiger partial charge in [-0.3, -0.25) is 14.3 Å². The van der Waals surface area contributed by atoms with Gasteiger partial charge in [0.25, 0.3) is 5.88 Å². The maximum Gasteiger partial charge on any atom is 0.254 e. The Balaban J connectivity index is 0.832. The maximum atomic E-state index is 14.2. The van der Waals surface area contributed by atoms with Crippen molar-refractivity contribution in [2.75, 3.05) is 25.5 Å². The predicted octanol–water partition coefficient (Wildman–Crippen LogP) is 7.36. The number of likely N-dealkylation sites (tertiary alicyclic amines) is 1. The first-order valence-electron chi connectivity index (χ1n) is 21.4. The number of β-amino-alcohol motifs (C(OH)–C–C–N with tert-alkyl or cyclic N) is 1. The fourth-order valence-corrected chi connectivity index (χ4v) is 8.86. The van der Waals surface area contributed by atoms with Crippen LogP contribution in [0.2, 0.25) is 0 Å². The second-order valence-corrected chi connectivity index (χ2v) is 17.4. The number of aryl methyl sites for hydroxylation is 1. The summed E-state index contributed by atoms with van der Waals surface area (Å²) >= 11 is 1.58. The highest BCUT2D eigenvalue weighted by Gasteiger charge is 2.43. The minimum Gasteiger partial charge on any atom is -0.507 e. The number of thiazole rings is 1. The van der Waals surface area contributed by atoms with Crippen LogP contribution in [0.1, 0.15) is 74.7 Å². The van der Waals surface area contributed by atoms with Crippen LogP contribution in [0, 0.1) is 12.8 Å². The van der Waals surface area contributed by atoms with E-state index in [1.54, 1.807) is 47.9 Å². The number of phenolic OH excluding ortho intramolecular Hbond substituents is 1. The third kappa shape index (κ3) is 9.85. The van der Waals surface area contributed by atoms with Gasteiger partial charge >= 0.3 is 0 Å². The van der Waals surface area contributed by atoms with Crippen LogP contribution in [0.4, 0.5) is 5.82 Å². The van der Waals surface area contributed by atoms with Crippen molar-refractivity contribution in [3.8, 4) is 50.2 Å². The molecule has 16 nitrogen and oxygen atoms in total. The molecule has 0 radical (unpaired) electrons. The van der Waals surface area contributed by atoms with Gasteiger partial charge in [0.1, 0.15) is 36.7 Å². The lowest BCUT2D eigenvalue weighted by Gasteiger charge is -2.29. The number of hydrogen-bond donors (Lipinski definition) is 4. The molecule has 0 saturated carbocycles. The van der Waals surface area contributed by atoms with Gasteiger partial charge in [0, 0.05) is 41.9 Å². The van der Waals surface area contributed by atoms with Crippen molar-refractivity contribution in [3.63, 3.8) is 0 Å². The fraction of sp³-hybridized carbons (Fsp3) is 0.312. The lowest BCUT2D eigenvalue weighted by atomic mass is 9.91. The number of carbonyl (C=O) groups is 2. The van der Waals surface area contributed by atoms with E-state index in [-0.39, 0.29) is 73.4 Å². The zero-order valence-corrected chi connectivity index (χ0v) is 37.5. The van der Waals surface area contributed by atoms with E-state index in [2.05, 4.69) is 30.8 Å². The van der Waals surface area contributed by atoms with E-state index in [9.17, 15) is 19.8 Å². The quantitative estimate of drug-likeness (QED) is 0.0698. The number of anilines is 1. The van der Waals surface area contributed by atoms with Crippen molar-refractivity contribution in [1.29, 1.82) is 0 Å². The first-order chi connectivity index (χ1) is 31.3. The number of aliphatic hydroxyl groups is 1. The number of carbonyl (C=O) groups excluding carboxylic acids is 2. The molecule has 1 unspecified atom stereocenters. The molecular formula is C48H51N9O7S. The normalized spacial score (nSPS) is 16.3. The van der Waals surface area contributed by atoms with Crippen LogP contribution in [0.3, 0.4) is 0 Å². The molecule has 5 atom stereocenters. The van der Waals surface area contributed by atoms with Crippen LogP contribution in [0.15, 0.2) is 107 Å². The van der Waals surface area contributed by atoms with E-state index in [0.29, 0.717) is 28.3 Å². The molecule has 2 amide bonds. The Morgan fingerprint density at radius 3 is 2.40 bits per heavy atom. The standard InChI is InChI=1S/C48H51N9O7S/c1-27(2)44(48(61)56-25-35(58)20-40(56)47(60)52-28(3)31-10-12-33(13-11-31)45-29(4)50-26-65-45)42-22-43(55-64-42)63-19-18-62-36-16-14-32(15-17-36)30(5)57-24-34(23-51-57)38-21-39(53-54-46(38)49)37-8-6-7-9-41(37)59/h6-17,21-24,26-28,30,35,40,44,58-59H,18-20,25H2,1-5H3,(H2,49,54)(H,52,60)/t28-,30?,35+,40-,44-/m0/s1. The molecule has 1 aliphatic rings. The summed E-state index contributed by atoms with van der Waals surface area (Å²) < 4.78 is 19.3. The molecule has 5 N–H and O–H groups in total. The number of aliphatic hydroxyl groups excluding tert-OH is 1. The summed E-state index contributed by atoms with van der Waals surface area (Å²) in [5.41, 5.74) is 14.4. The van der Waals surface area contributed by atoms with E-state index < -0.39 is 18.1 Å². The number of ether oxygens (including phenoxy) is 2. The Hall–Kier alpha value is -7.11. The van der Waals surface area contributed by atoms with E-state index >= 15 is 0 Å². The van der Waals surface area contributed by atoms with Gasteiger partial charge in [-0.25, -0.2) is 4.98 Å². The van der Waals surface area contributed by atoms with Gasteiger partial charge in [0.2, 0.25) is 11.8 Å². The van der Waals surface area contributed by atoms with Gasteiger partial charge in [-0.1, -0.05) is 62.4 Å². The van der Waals surface area contributed by atoms with E-state index in [1.165, 1.54) is 4.90 Å². The summed E-state index contributed by atoms with van der Waals surface area (Å²) in [6.45, 7) is 10.1. The van der Waals surface area contributed by atoms with Crippen molar-refractivity contribution >= 4 is 29.0 Å². The van der Waals surface area contributed by atoms with Crippen LogP contribution in [0.25, 0.3) is 32.8 Å². The molecule has 7 aromatic rings. The third-order valence-corrected chi connectivity index (χ3v) is 12.6. The Labute approximate surface area is 380 Å². The number of nitrogen functional groups attached to an aromatic ring is 1. The molecule has 1 fully saturated rings. The van der Waals surface area contributed by atoms with Gasteiger partial charge in [0.15, 0.2) is 11.6 Å². The molecule has 336 valence electrons. The van der Waals surface area contributed by atoms with Crippen molar-refractivity contribution in [1.82, 2.24) is 40.3 Å². The number of amides is 2. The first kappa shape index (κ1) is 44.5. The number of para-hydroxylation sites is 1. The smallest absolute Gasteiger partial charge is 0.254 e. The van der Waals surface area contributed by atoms with Gasteiger partial charge in [-0.15, -0.1) is 21.5 Å². The summed E-state index contributed by atoms with van der Waals surface area (Å²) in [7, 11) is 0. The molecule has 17 heteroatoms. The second kappa shape index (κ2) is 19.3. The predicted molar refractivity (Wildman–Crippen MR) is 245 cm³/mol. The zero-order chi connectivity index (χ0) is 45.8. The SMILES string of the molecule is Cc1ncsc1-c1ccc([C@H](C)NC(=O)[C@@H]2C[C@@H](O)CN2C(=O)[C@H](c2cc(OCCOc3ccc(C(C)n4cc(-c5cc(-c6ccccc6O)nnc5N)cn4)cc3)no2)C(C)C)cc1. The Bertz CT molecular complexity index is 2750. The van der Waals surface area contributed by atoms with Crippen LogP contribution in [-0.2, 0) is 9.59 Å². The van der Waals surface area contributed by atoms with Crippen molar-refractivity contribution < 1.29 is 33.8 Å². The number of nitrogens with two attached hydrogens (primary N) is 1. The monoisotopic (exact) mass is 897 g/mol. The van der Waals surface area contributed by atoms with Crippen LogP contribution >= 0.6 is 11.3 Å². The van der Waals surface area contributed by atoms with Crippen molar-refractivity contribution in [3.05, 3.63) is 125 Å². The fourth-order valence-electron chi connectivity index (χ4n) is 8.05. The highest BCUT2D eigenvalue weighted by molar-refractivity contribution is 7.13. The Kier molecular flexibility index (Phi) is 13.2. The molecule has 1 saturated heterocycles.